The van der Waals surface area contributed by atoms with Gasteiger partial charge in [-0.1, -0.05) is 74.9 Å². The van der Waals surface area contributed by atoms with Crippen LogP contribution in [0.4, 0.5) is 9.18 Å². The number of hydrogen-bond acceptors (Lipinski definition) is 11. The first-order chi connectivity index (χ1) is 41.0. The van der Waals surface area contributed by atoms with E-state index in [1.54, 1.807) is 39.0 Å². The highest BCUT2D eigenvalue weighted by molar-refractivity contribution is 5.98. The molecule has 2 N–H and O–H groups in total. The Morgan fingerprint density at radius 2 is 1.36 bits per heavy atom. The Bertz CT molecular complexity index is 3060. The topological polar surface area (TPSA) is 192 Å². The summed E-state index contributed by atoms with van der Waals surface area (Å²) in [5.41, 5.74) is 1.83. The van der Waals surface area contributed by atoms with Crippen molar-refractivity contribution in [2.24, 2.45) is 17.8 Å². The molecule has 1 unspecified atom stereocenters. The molecule has 6 fully saturated rings. The van der Waals surface area contributed by atoms with Crippen molar-refractivity contribution < 1.29 is 37.9 Å². The van der Waals surface area contributed by atoms with Gasteiger partial charge in [-0.3, -0.25) is 43.5 Å². The molecule has 2 atom stereocenters. The van der Waals surface area contributed by atoms with Crippen LogP contribution in [0.2, 0.25) is 0 Å². The molecule has 1 aromatic heterocycles. The van der Waals surface area contributed by atoms with E-state index in [2.05, 4.69) is 25.3 Å². The third-order valence-electron chi connectivity index (χ3n) is 18.8. The van der Waals surface area contributed by atoms with Crippen LogP contribution in [-0.2, 0) is 25.5 Å². The van der Waals surface area contributed by atoms with E-state index in [9.17, 15) is 33.6 Å². The zero-order chi connectivity index (χ0) is 59.6. The zero-order valence-electron chi connectivity index (χ0n) is 50.4. The van der Waals surface area contributed by atoms with Crippen molar-refractivity contribution in [3.8, 4) is 0 Å². The van der Waals surface area contributed by atoms with Crippen LogP contribution >= 0.6 is 0 Å². The fraction of sp³-hybridized carbons (Fsp3) is 0.606. The fourth-order valence-electron chi connectivity index (χ4n) is 14.0. The Kier molecular flexibility index (Phi) is 20.4. The van der Waals surface area contributed by atoms with Gasteiger partial charge in [0.05, 0.1) is 23.2 Å². The molecule has 85 heavy (non-hydrogen) atoms. The molecule has 458 valence electrons. The summed E-state index contributed by atoms with van der Waals surface area (Å²) in [7, 11) is 0. The van der Waals surface area contributed by atoms with Crippen LogP contribution < -0.4 is 10.9 Å². The summed E-state index contributed by atoms with van der Waals surface area (Å²) in [4.78, 5) is 109. The number of ether oxygens (including phenoxy) is 1. The summed E-state index contributed by atoms with van der Waals surface area (Å²) >= 11 is 0. The van der Waals surface area contributed by atoms with E-state index in [0.717, 1.165) is 122 Å². The summed E-state index contributed by atoms with van der Waals surface area (Å²) in [6, 6.07) is 18.7. The minimum absolute atomic E-state index is 0.00123. The number of likely N-dealkylation sites (tertiary alicyclic amines) is 2. The Morgan fingerprint density at radius 1 is 0.682 bits per heavy atom. The second-order valence-electron chi connectivity index (χ2n) is 26.1. The molecule has 6 amide bonds. The molecule has 6 aliphatic rings. The first-order valence-electron chi connectivity index (χ1n) is 31.7. The lowest BCUT2D eigenvalue weighted by atomic mass is 9.83. The molecule has 4 aromatic rings. The normalized spacial score (nSPS) is 20.5. The first kappa shape index (κ1) is 61.4. The van der Waals surface area contributed by atoms with Crippen LogP contribution in [-0.4, -0.2) is 196 Å². The van der Waals surface area contributed by atoms with Crippen LogP contribution in [0.25, 0.3) is 10.8 Å². The average molecular weight is 1170 g/mol. The molecule has 0 radical (unpaired) electrons. The maximum atomic E-state index is 15.2. The molecule has 5 heterocycles. The second kappa shape index (κ2) is 28.2. The Hall–Kier alpha value is -6.73. The van der Waals surface area contributed by atoms with E-state index in [-0.39, 0.29) is 53.1 Å². The van der Waals surface area contributed by atoms with E-state index >= 15 is 4.39 Å². The van der Waals surface area contributed by atoms with Crippen LogP contribution in [0.5, 0.6) is 0 Å². The van der Waals surface area contributed by atoms with Gasteiger partial charge in [-0.25, -0.2) is 14.3 Å². The summed E-state index contributed by atoms with van der Waals surface area (Å²) in [6.07, 6.45) is 14.1. The number of hydrogen-bond donors (Lipinski definition) is 2. The van der Waals surface area contributed by atoms with Gasteiger partial charge in [-0.15, -0.1) is 0 Å². The highest BCUT2D eigenvalue weighted by Crippen LogP contribution is 2.32. The van der Waals surface area contributed by atoms with Gasteiger partial charge < -0.3 is 29.7 Å². The van der Waals surface area contributed by atoms with Crippen molar-refractivity contribution in [1.29, 1.82) is 0 Å². The van der Waals surface area contributed by atoms with Crippen molar-refractivity contribution in [1.82, 2.24) is 49.8 Å². The number of benzene rings is 3. The molecule has 4 aliphatic heterocycles. The van der Waals surface area contributed by atoms with E-state index in [1.165, 1.54) is 12.5 Å². The molecule has 0 spiro atoms. The largest absolute Gasteiger partial charge is 0.444 e. The number of carbonyl (C=O) groups excluding carboxylic acids is 6. The smallest absolute Gasteiger partial charge is 0.410 e. The van der Waals surface area contributed by atoms with Gasteiger partial charge >= 0.3 is 6.09 Å². The third-order valence-corrected chi connectivity index (χ3v) is 18.8. The van der Waals surface area contributed by atoms with Crippen LogP contribution in [0.3, 0.4) is 0 Å². The third kappa shape index (κ3) is 16.0. The minimum Gasteiger partial charge on any atom is -0.444 e. The van der Waals surface area contributed by atoms with E-state index < -0.39 is 29.5 Å². The molecular formula is C66H89FN10O8. The van der Waals surface area contributed by atoms with Crippen molar-refractivity contribution in [3.05, 3.63) is 111 Å². The number of fused-ring (bicyclic) bond motifs is 1. The van der Waals surface area contributed by atoms with Crippen LogP contribution in [0.15, 0.2) is 71.5 Å². The van der Waals surface area contributed by atoms with Crippen molar-refractivity contribution in [2.45, 2.75) is 135 Å². The monoisotopic (exact) mass is 1170 g/mol. The number of rotatable bonds is 16. The van der Waals surface area contributed by atoms with E-state index in [1.807, 2.05) is 67.0 Å². The minimum atomic E-state index is -0.668. The number of aromatic amines is 1. The van der Waals surface area contributed by atoms with Gasteiger partial charge in [0.1, 0.15) is 24.0 Å². The Balaban J connectivity index is 0.661. The molecule has 3 aromatic carbocycles. The highest BCUT2D eigenvalue weighted by atomic mass is 19.1. The van der Waals surface area contributed by atoms with Gasteiger partial charge in [0.2, 0.25) is 17.7 Å². The van der Waals surface area contributed by atoms with Crippen molar-refractivity contribution >= 4 is 46.4 Å². The van der Waals surface area contributed by atoms with Gasteiger partial charge in [0.15, 0.2) is 0 Å². The molecule has 0 bridgehead atoms. The zero-order valence-corrected chi connectivity index (χ0v) is 50.4. The molecular weight excluding hydrogens is 1080 g/mol. The van der Waals surface area contributed by atoms with Gasteiger partial charge in [0, 0.05) is 102 Å². The van der Waals surface area contributed by atoms with Gasteiger partial charge in [0.25, 0.3) is 17.4 Å². The number of piperazine rings is 2. The molecule has 19 heteroatoms. The number of aromatic nitrogens is 2. The number of piperidine rings is 2. The van der Waals surface area contributed by atoms with Crippen LogP contribution in [0.1, 0.15) is 154 Å². The van der Waals surface area contributed by atoms with E-state index in [4.69, 9.17) is 4.74 Å². The summed E-state index contributed by atoms with van der Waals surface area (Å²) in [5, 5.41) is 11.3. The molecule has 2 saturated carbocycles. The fourth-order valence-corrected chi connectivity index (χ4v) is 14.0. The number of nitrogens with zero attached hydrogens (tertiary/aromatic N) is 8. The predicted octanol–water partition coefficient (Wildman–Crippen LogP) is 7.70. The van der Waals surface area contributed by atoms with Crippen LogP contribution in [0, 0.1) is 23.6 Å². The second-order valence-corrected chi connectivity index (χ2v) is 26.1. The number of nitrogens with one attached hydrogen (secondary N) is 2. The first-order valence-corrected chi connectivity index (χ1v) is 31.7. The SMILES string of the molecule is CC(C)(C)OC(=O)N(CC(=O)N1CCCC(c2cccc(C(=O)N[C@@H](C(=O)N3CCN(CC4CCN(CC(=O)N5CCN(C(=O)c6cc(Cc7n[nH]c(=O)c8ccccc78)ccc6F)CC5)CC4)CC3)C3CCCCC3)c2)C1)CC1CCCCC1. The number of H-pyrrole nitrogens is 1. The lowest BCUT2D eigenvalue weighted by Crippen LogP contribution is -2.57. The number of amides is 6. The van der Waals surface area contributed by atoms with Gasteiger partial charge in [-0.05, 0) is 144 Å². The Morgan fingerprint density at radius 3 is 2.08 bits per heavy atom. The molecule has 18 nitrogen and oxygen atoms in total. The standard InChI is InChI=1S/C66H89FN10O8/c1-66(2,3)85-65(84)77(42-46-14-6-4-7-15-46)45-59(79)76-27-13-20-52(43-76)50-18-12-19-51(40-50)61(80)68-60(49-16-8-5-9-17-49)64(83)75-32-30-72(31-33-75)41-47-25-28-71(29-26-47)44-58(78)73-34-36-74(37-35-73)63(82)55-38-48(23-24-56(55)67)39-57-53-21-10-11-22-54(53)62(81)70-69-57/h10-12,18-19,21-24,38,40,46-47,49,52,60H,4-9,13-17,20,25-37,39,41-45H2,1-3H3,(H,68,80)(H,70,81)/t52?,60-/m1/s1. The number of carbonyl (C=O) groups is 6. The molecule has 10 rings (SSSR count). The summed E-state index contributed by atoms with van der Waals surface area (Å²) < 4.78 is 21.0. The highest BCUT2D eigenvalue weighted by Gasteiger charge is 2.37. The molecule has 4 saturated heterocycles. The molecule has 2 aliphatic carbocycles. The summed E-state index contributed by atoms with van der Waals surface area (Å²) in [6.45, 7) is 14.1. The maximum Gasteiger partial charge on any atom is 0.410 e. The van der Waals surface area contributed by atoms with Gasteiger partial charge in [-0.2, -0.15) is 5.10 Å². The van der Waals surface area contributed by atoms with Crippen molar-refractivity contribution in [3.63, 3.8) is 0 Å². The maximum absolute atomic E-state index is 15.2. The quantitative estimate of drug-likeness (QED) is 0.112. The lowest BCUT2D eigenvalue weighted by molar-refractivity contribution is -0.137. The lowest BCUT2D eigenvalue weighted by Gasteiger charge is -2.41. The predicted molar refractivity (Wildman–Crippen MR) is 323 cm³/mol. The average Bonchev–Trinajstić information content (AvgIpc) is 3.15. The number of halogens is 1. The van der Waals surface area contributed by atoms with E-state index in [0.29, 0.717) is 111 Å². The summed E-state index contributed by atoms with van der Waals surface area (Å²) in [5.74, 6) is -0.412. The van der Waals surface area contributed by atoms with Crippen molar-refractivity contribution in [2.75, 3.05) is 105 Å². The Labute approximate surface area is 500 Å².